The van der Waals surface area contributed by atoms with Crippen molar-refractivity contribution in [2.75, 3.05) is 0 Å². The van der Waals surface area contributed by atoms with E-state index in [9.17, 15) is 9.59 Å². The third-order valence-electron chi connectivity index (χ3n) is 3.88. The standard InChI is InChI=1S/C12H12O2/c1-7-5-12-6-10(13)4-9(12)2-8(7)3-11(12)14/h4-5,8H,2-3,6H2,1H3/t8-,12-/m1/s1. The third-order valence-corrected chi connectivity index (χ3v) is 3.88. The Bertz CT molecular complexity index is 414. The van der Waals surface area contributed by atoms with Gasteiger partial charge in [0, 0.05) is 12.8 Å². The molecule has 2 heteroatoms. The van der Waals surface area contributed by atoms with E-state index in [1.807, 2.05) is 6.08 Å². The Balaban J connectivity index is 2.23. The van der Waals surface area contributed by atoms with Gasteiger partial charge in [-0.2, -0.15) is 0 Å². The molecule has 0 radical (unpaired) electrons. The van der Waals surface area contributed by atoms with Crippen molar-refractivity contribution in [3.63, 3.8) is 0 Å². The highest BCUT2D eigenvalue weighted by Crippen LogP contribution is 2.54. The van der Waals surface area contributed by atoms with Crippen molar-refractivity contribution < 1.29 is 9.59 Å². The lowest BCUT2D eigenvalue weighted by Crippen LogP contribution is -2.41. The Morgan fingerprint density at radius 2 is 2.14 bits per heavy atom. The molecule has 0 unspecified atom stereocenters. The molecule has 2 atom stereocenters. The van der Waals surface area contributed by atoms with Crippen LogP contribution in [0.25, 0.3) is 0 Å². The Hall–Kier alpha value is -1.18. The van der Waals surface area contributed by atoms with Crippen LogP contribution in [-0.2, 0) is 9.59 Å². The van der Waals surface area contributed by atoms with Crippen molar-refractivity contribution in [3.8, 4) is 0 Å². The van der Waals surface area contributed by atoms with E-state index >= 15 is 0 Å². The monoisotopic (exact) mass is 188 g/mol. The van der Waals surface area contributed by atoms with E-state index in [0.717, 1.165) is 12.0 Å². The normalized spacial score (nSPS) is 39.6. The Morgan fingerprint density at radius 1 is 1.36 bits per heavy atom. The maximum Gasteiger partial charge on any atom is 0.157 e. The van der Waals surface area contributed by atoms with Gasteiger partial charge in [-0.15, -0.1) is 0 Å². The van der Waals surface area contributed by atoms with Crippen LogP contribution in [0.4, 0.5) is 0 Å². The maximum absolute atomic E-state index is 11.9. The summed E-state index contributed by atoms with van der Waals surface area (Å²) in [5.41, 5.74) is 1.89. The van der Waals surface area contributed by atoms with E-state index in [-0.39, 0.29) is 11.6 Å². The number of hydrogen-bond donors (Lipinski definition) is 0. The predicted molar refractivity (Wildman–Crippen MR) is 51.6 cm³/mol. The van der Waals surface area contributed by atoms with Crippen molar-refractivity contribution in [1.29, 1.82) is 0 Å². The molecular weight excluding hydrogens is 176 g/mol. The quantitative estimate of drug-likeness (QED) is 0.543. The first kappa shape index (κ1) is 8.16. The Morgan fingerprint density at radius 3 is 2.93 bits per heavy atom. The summed E-state index contributed by atoms with van der Waals surface area (Å²) in [6.45, 7) is 2.08. The van der Waals surface area contributed by atoms with Gasteiger partial charge in [0.05, 0.1) is 5.41 Å². The van der Waals surface area contributed by atoms with E-state index in [1.54, 1.807) is 6.08 Å². The molecule has 0 saturated heterocycles. The van der Waals surface area contributed by atoms with Gasteiger partial charge >= 0.3 is 0 Å². The van der Waals surface area contributed by atoms with E-state index in [4.69, 9.17) is 0 Å². The molecule has 4 rings (SSSR count). The summed E-state index contributed by atoms with van der Waals surface area (Å²) in [6, 6.07) is 0. The first-order valence-corrected chi connectivity index (χ1v) is 5.08. The summed E-state index contributed by atoms with van der Waals surface area (Å²) in [6.07, 6.45) is 5.72. The zero-order chi connectivity index (χ0) is 9.92. The zero-order valence-electron chi connectivity index (χ0n) is 8.17. The largest absolute Gasteiger partial charge is 0.298 e. The fourth-order valence-electron chi connectivity index (χ4n) is 3.08. The molecular formula is C12H12O2. The maximum atomic E-state index is 11.9. The number of hydrogen-bond acceptors (Lipinski definition) is 2. The average molecular weight is 188 g/mol. The van der Waals surface area contributed by atoms with Gasteiger partial charge in [0.25, 0.3) is 0 Å². The molecule has 0 N–H and O–H groups in total. The highest BCUT2D eigenvalue weighted by Gasteiger charge is 2.52. The van der Waals surface area contributed by atoms with Crippen LogP contribution in [0, 0.1) is 11.3 Å². The summed E-state index contributed by atoms with van der Waals surface area (Å²) in [5, 5.41) is 0. The number of allylic oxidation sites excluding steroid dienone is 4. The first-order valence-electron chi connectivity index (χ1n) is 5.08. The van der Waals surface area contributed by atoms with Gasteiger partial charge in [-0.3, -0.25) is 9.59 Å². The average Bonchev–Trinajstić information content (AvgIpc) is 2.41. The van der Waals surface area contributed by atoms with Crippen molar-refractivity contribution in [3.05, 3.63) is 23.3 Å². The predicted octanol–water partition coefficient (Wildman–Crippen LogP) is 1.81. The van der Waals surface area contributed by atoms with Crippen LogP contribution < -0.4 is 0 Å². The highest BCUT2D eigenvalue weighted by molar-refractivity contribution is 6.06. The van der Waals surface area contributed by atoms with Crippen LogP contribution in [0.5, 0.6) is 0 Å². The molecule has 0 amide bonds. The second kappa shape index (κ2) is 2.25. The fraction of sp³-hybridized carbons (Fsp3) is 0.500. The van der Waals surface area contributed by atoms with Crippen LogP contribution in [0.3, 0.4) is 0 Å². The fourth-order valence-corrected chi connectivity index (χ4v) is 3.08. The molecule has 4 aliphatic rings. The molecule has 1 fully saturated rings. The van der Waals surface area contributed by atoms with Crippen molar-refractivity contribution >= 4 is 11.6 Å². The lowest BCUT2D eigenvalue weighted by molar-refractivity contribution is -0.130. The molecule has 0 aromatic rings. The smallest absolute Gasteiger partial charge is 0.157 e. The minimum absolute atomic E-state index is 0.125. The topological polar surface area (TPSA) is 34.1 Å². The van der Waals surface area contributed by atoms with Gasteiger partial charge in [-0.25, -0.2) is 0 Å². The number of ketones is 2. The van der Waals surface area contributed by atoms with Crippen molar-refractivity contribution in [1.82, 2.24) is 0 Å². The molecule has 1 saturated carbocycles. The van der Waals surface area contributed by atoms with E-state index < -0.39 is 5.41 Å². The second-order valence-electron chi connectivity index (χ2n) is 4.70. The number of carbonyl (C=O) groups is 2. The summed E-state index contributed by atoms with van der Waals surface area (Å²) in [7, 11) is 0. The Labute approximate surface area is 82.7 Å². The zero-order valence-corrected chi connectivity index (χ0v) is 8.17. The SMILES string of the molecule is CC1=C[C@@]23CC(=O)C=C2C[C@@H]1CC3=O. The van der Waals surface area contributed by atoms with Crippen LogP contribution in [0.2, 0.25) is 0 Å². The molecule has 0 heterocycles. The van der Waals surface area contributed by atoms with E-state index in [0.29, 0.717) is 18.8 Å². The van der Waals surface area contributed by atoms with Crippen LogP contribution in [0.15, 0.2) is 23.3 Å². The minimum Gasteiger partial charge on any atom is -0.298 e. The van der Waals surface area contributed by atoms with Crippen molar-refractivity contribution in [2.24, 2.45) is 11.3 Å². The lowest BCUT2D eigenvalue weighted by atomic mass is 9.60. The van der Waals surface area contributed by atoms with Gasteiger partial charge in [-0.05, 0) is 30.9 Å². The molecule has 0 aromatic carbocycles. The molecule has 2 bridgehead atoms. The van der Waals surface area contributed by atoms with Gasteiger partial charge in [-0.1, -0.05) is 11.6 Å². The molecule has 2 nitrogen and oxygen atoms in total. The van der Waals surface area contributed by atoms with E-state index in [2.05, 4.69) is 6.92 Å². The summed E-state index contributed by atoms with van der Waals surface area (Å²) < 4.78 is 0. The summed E-state index contributed by atoms with van der Waals surface area (Å²) in [5.74, 6) is 0.762. The van der Waals surface area contributed by atoms with Gasteiger partial charge in [0.1, 0.15) is 5.78 Å². The lowest BCUT2D eigenvalue weighted by Gasteiger charge is -2.42. The van der Waals surface area contributed by atoms with Gasteiger partial charge < -0.3 is 0 Å². The molecule has 0 aliphatic heterocycles. The first-order chi connectivity index (χ1) is 6.62. The summed E-state index contributed by atoms with van der Waals surface area (Å²) >= 11 is 0. The Kier molecular flexibility index (Phi) is 1.31. The number of rotatable bonds is 0. The minimum atomic E-state index is -0.490. The van der Waals surface area contributed by atoms with Crippen LogP contribution in [0.1, 0.15) is 26.2 Å². The molecule has 4 aliphatic carbocycles. The molecule has 0 aromatic heterocycles. The number of fused-ring (bicyclic) bond motifs is 1. The summed E-state index contributed by atoms with van der Waals surface area (Å²) in [4.78, 5) is 23.3. The molecule has 72 valence electrons. The van der Waals surface area contributed by atoms with Gasteiger partial charge in [0.15, 0.2) is 5.78 Å². The second-order valence-corrected chi connectivity index (χ2v) is 4.70. The molecule has 1 spiro atoms. The van der Waals surface area contributed by atoms with Crippen LogP contribution in [-0.4, -0.2) is 11.6 Å². The number of Topliss-reactive ketones (excluding diaryl/α,β-unsaturated/α-hetero) is 1. The van der Waals surface area contributed by atoms with Crippen LogP contribution >= 0.6 is 0 Å². The number of carbonyl (C=O) groups excluding carboxylic acids is 2. The third kappa shape index (κ3) is 0.770. The highest BCUT2D eigenvalue weighted by atomic mass is 16.1. The molecule has 14 heavy (non-hydrogen) atoms. The van der Waals surface area contributed by atoms with E-state index in [1.165, 1.54) is 5.57 Å². The van der Waals surface area contributed by atoms with Crippen molar-refractivity contribution in [2.45, 2.75) is 26.2 Å². The van der Waals surface area contributed by atoms with Gasteiger partial charge in [0.2, 0.25) is 0 Å².